The van der Waals surface area contributed by atoms with Crippen LogP contribution in [0.25, 0.3) is 11.0 Å². The number of para-hydroxylation sites is 2. The van der Waals surface area contributed by atoms with Gasteiger partial charge in [0.15, 0.2) is 0 Å². The maximum Gasteiger partial charge on any atom is 0.327 e. The normalized spacial score (nSPS) is 11.5. The summed E-state index contributed by atoms with van der Waals surface area (Å²) in [6.45, 7) is 3.97. The van der Waals surface area contributed by atoms with Crippen molar-refractivity contribution in [3.63, 3.8) is 0 Å². The van der Waals surface area contributed by atoms with Crippen molar-refractivity contribution in [3.8, 4) is 0 Å². The fraction of sp³-hybridized carbons (Fsp3) is 0.176. The summed E-state index contributed by atoms with van der Waals surface area (Å²) in [5, 5.41) is 3.05. The largest absolute Gasteiger partial charge is 0.328 e. The van der Waals surface area contributed by atoms with Crippen LogP contribution in [0.4, 0.5) is 4.79 Å². The summed E-state index contributed by atoms with van der Waals surface area (Å²) in [6.07, 6.45) is 1.56. The van der Waals surface area contributed by atoms with E-state index in [1.807, 2.05) is 68.4 Å². The molecule has 1 N–H and O–H groups in total. The molecule has 0 aliphatic carbocycles. The lowest BCUT2D eigenvalue weighted by atomic mass is 9.95. The number of rotatable bonds is 2. The van der Waals surface area contributed by atoms with Gasteiger partial charge in [0.2, 0.25) is 0 Å². The van der Waals surface area contributed by atoms with Gasteiger partial charge in [0.1, 0.15) is 6.33 Å². The van der Waals surface area contributed by atoms with Gasteiger partial charge in [-0.3, -0.25) is 4.57 Å². The predicted octanol–water partition coefficient (Wildman–Crippen LogP) is 3.53. The van der Waals surface area contributed by atoms with Crippen molar-refractivity contribution in [2.45, 2.75) is 19.4 Å². The maximum atomic E-state index is 12.5. The predicted molar refractivity (Wildman–Crippen MR) is 83.1 cm³/mol. The number of aromatic nitrogens is 2. The van der Waals surface area contributed by atoms with Gasteiger partial charge >= 0.3 is 6.03 Å². The van der Waals surface area contributed by atoms with Crippen LogP contribution in [0.2, 0.25) is 0 Å². The molecule has 0 atom stereocenters. The lowest BCUT2D eigenvalue weighted by Gasteiger charge is -2.27. The van der Waals surface area contributed by atoms with Gasteiger partial charge in [0.25, 0.3) is 0 Å². The van der Waals surface area contributed by atoms with Crippen molar-refractivity contribution < 1.29 is 4.79 Å². The van der Waals surface area contributed by atoms with Gasteiger partial charge in [0, 0.05) is 0 Å². The van der Waals surface area contributed by atoms with E-state index in [9.17, 15) is 4.79 Å². The molecule has 1 heterocycles. The summed E-state index contributed by atoms with van der Waals surface area (Å²) < 4.78 is 1.54. The molecule has 4 nitrogen and oxygen atoms in total. The lowest BCUT2D eigenvalue weighted by Crippen LogP contribution is -2.42. The van der Waals surface area contributed by atoms with E-state index in [1.54, 1.807) is 10.9 Å². The van der Waals surface area contributed by atoms with Gasteiger partial charge in [-0.2, -0.15) is 0 Å². The molecule has 1 amide bonds. The average Bonchev–Trinajstić information content (AvgIpc) is 2.92. The molecule has 1 aromatic heterocycles. The lowest BCUT2D eigenvalue weighted by molar-refractivity contribution is 0.232. The van der Waals surface area contributed by atoms with Crippen molar-refractivity contribution in [1.29, 1.82) is 0 Å². The highest BCUT2D eigenvalue weighted by Gasteiger charge is 2.23. The number of hydrogen-bond acceptors (Lipinski definition) is 2. The molecule has 4 heteroatoms. The minimum absolute atomic E-state index is 0.183. The highest BCUT2D eigenvalue weighted by Crippen LogP contribution is 2.20. The molecule has 21 heavy (non-hydrogen) atoms. The molecule has 106 valence electrons. The molecular formula is C17H17N3O. The molecule has 0 unspecified atom stereocenters. The maximum absolute atomic E-state index is 12.5. The van der Waals surface area contributed by atoms with Crippen LogP contribution in [0, 0.1) is 0 Å². The highest BCUT2D eigenvalue weighted by atomic mass is 16.2. The van der Waals surface area contributed by atoms with Crippen molar-refractivity contribution in [2.75, 3.05) is 0 Å². The van der Waals surface area contributed by atoms with Crippen LogP contribution in [0.3, 0.4) is 0 Å². The number of imidazole rings is 1. The number of carbonyl (C=O) groups is 1. The summed E-state index contributed by atoms with van der Waals surface area (Å²) in [6, 6.07) is 17.3. The van der Waals surface area contributed by atoms with E-state index in [0.29, 0.717) is 0 Å². The third-order valence-electron chi connectivity index (χ3n) is 3.59. The zero-order chi connectivity index (χ0) is 14.9. The monoisotopic (exact) mass is 279 g/mol. The number of hydrogen-bond donors (Lipinski definition) is 1. The van der Waals surface area contributed by atoms with E-state index < -0.39 is 5.54 Å². The zero-order valence-electron chi connectivity index (χ0n) is 12.1. The molecule has 0 aliphatic rings. The number of benzene rings is 2. The third-order valence-corrected chi connectivity index (χ3v) is 3.59. The van der Waals surface area contributed by atoms with E-state index in [1.165, 1.54) is 0 Å². The number of nitrogens with one attached hydrogen (secondary N) is 1. The van der Waals surface area contributed by atoms with Gasteiger partial charge < -0.3 is 5.32 Å². The van der Waals surface area contributed by atoms with Crippen LogP contribution >= 0.6 is 0 Å². The Kier molecular flexibility index (Phi) is 3.22. The van der Waals surface area contributed by atoms with E-state index in [4.69, 9.17) is 0 Å². The fourth-order valence-electron chi connectivity index (χ4n) is 2.38. The Morgan fingerprint density at radius 2 is 1.71 bits per heavy atom. The topological polar surface area (TPSA) is 46.9 Å². The number of fused-ring (bicyclic) bond motifs is 1. The molecular weight excluding hydrogens is 262 g/mol. The average molecular weight is 279 g/mol. The Hall–Kier alpha value is -2.62. The van der Waals surface area contributed by atoms with Gasteiger partial charge in [0.05, 0.1) is 16.6 Å². The molecule has 3 aromatic rings. The Morgan fingerprint density at radius 3 is 2.48 bits per heavy atom. The van der Waals surface area contributed by atoms with Crippen LogP contribution in [0.15, 0.2) is 60.9 Å². The van der Waals surface area contributed by atoms with E-state index >= 15 is 0 Å². The second-order valence-electron chi connectivity index (χ2n) is 5.52. The van der Waals surface area contributed by atoms with Crippen molar-refractivity contribution in [2.24, 2.45) is 0 Å². The molecule has 0 aliphatic heterocycles. The van der Waals surface area contributed by atoms with Crippen LogP contribution < -0.4 is 5.32 Å². The van der Waals surface area contributed by atoms with Crippen molar-refractivity contribution in [1.82, 2.24) is 14.9 Å². The molecule has 0 fully saturated rings. The van der Waals surface area contributed by atoms with Crippen LogP contribution in [0.5, 0.6) is 0 Å². The Labute approximate surface area is 123 Å². The molecule has 3 rings (SSSR count). The van der Waals surface area contributed by atoms with Crippen LogP contribution in [-0.2, 0) is 5.54 Å². The SMILES string of the molecule is CC(C)(NC(=O)n1cnc2ccccc21)c1ccccc1. The summed E-state index contributed by atoms with van der Waals surface area (Å²) in [5.41, 5.74) is 2.22. The summed E-state index contributed by atoms with van der Waals surface area (Å²) in [4.78, 5) is 16.8. The molecule has 2 aromatic carbocycles. The number of carbonyl (C=O) groups excluding carboxylic acids is 1. The Bertz CT molecular complexity index is 775. The first-order chi connectivity index (χ1) is 10.1. The van der Waals surface area contributed by atoms with Crippen molar-refractivity contribution in [3.05, 3.63) is 66.5 Å². The summed E-state index contributed by atoms with van der Waals surface area (Å²) >= 11 is 0. The highest BCUT2D eigenvalue weighted by molar-refractivity contribution is 5.89. The second kappa shape index (κ2) is 5.05. The minimum Gasteiger partial charge on any atom is -0.328 e. The van der Waals surface area contributed by atoms with Crippen LogP contribution in [0.1, 0.15) is 19.4 Å². The number of nitrogens with zero attached hydrogens (tertiary/aromatic N) is 2. The summed E-state index contributed by atoms with van der Waals surface area (Å²) in [7, 11) is 0. The molecule has 0 saturated heterocycles. The Balaban J connectivity index is 1.90. The van der Waals surface area contributed by atoms with E-state index in [2.05, 4.69) is 10.3 Å². The van der Waals surface area contributed by atoms with Gasteiger partial charge in [-0.1, -0.05) is 42.5 Å². The second-order valence-corrected chi connectivity index (χ2v) is 5.52. The molecule has 0 bridgehead atoms. The van der Waals surface area contributed by atoms with Gasteiger partial charge in [-0.15, -0.1) is 0 Å². The van der Waals surface area contributed by atoms with Gasteiger partial charge in [-0.05, 0) is 31.5 Å². The van der Waals surface area contributed by atoms with Crippen molar-refractivity contribution >= 4 is 17.1 Å². The van der Waals surface area contributed by atoms with E-state index in [0.717, 1.165) is 16.6 Å². The number of amides is 1. The standard InChI is InChI=1S/C17H17N3O/c1-17(2,13-8-4-3-5-9-13)19-16(21)20-12-18-14-10-6-7-11-15(14)20/h3-12H,1-2H3,(H,19,21). The molecule has 0 spiro atoms. The fourth-order valence-corrected chi connectivity index (χ4v) is 2.38. The quantitative estimate of drug-likeness (QED) is 0.780. The zero-order valence-corrected chi connectivity index (χ0v) is 12.1. The third kappa shape index (κ3) is 2.52. The van der Waals surface area contributed by atoms with Crippen LogP contribution in [-0.4, -0.2) is 15.6 Å². The molecule has 0 saturated carbocycles. The van der Waals surface area contributed by atoms with E-state index in [-0.39, 0.29) is 6.03 Å². The first-order valence-corrected chi connectivity index (χ1v) is 6.88. The Morgan fingerprint density at radius 1 is 1.05 bits per heavy atom. The van der Waals surface area contributed by atoms with Gasteiger partial charge in [-0.25, -0.2) is 9.78 Å². The minimum atomic E-state index is -0.455. The first-order valence-electron chi connectivity index (χ1n) is 6.88. The smallest absolute Gasteiger partial charge is 0.327 e. The first kappa shape index (κ1) is 13.4. The summed E-state index contributed by atoms with van der Waals surface area (Å²) in [5.74, 6) is 0. The molecule has 0 radical (unpaired) electrons.